The number of aliphatic hydroxyl groups excluding tert-OH is 1. The molecule has 126 valence electrons. The van der Waals surface area contributed by atoms with Crippen molar-refractivity contribution in [2.45, 2.75) is 20.0 Å². The molecule has 0 aliphatic heterocycles. The maximum Gasteiger partial charge on any atom is 0.333 e. The van der Waals surface area contributed by atoms with Gasteiger partial charge in [0, 0.05) is 17.8 Å². The van der Waals surface area contributed by atoms with Crippen molar-refractivity contribution in [2.75, 3.05) is 31.7 Å². The van der Waals surface area contributed by atoms with Crippen LogP contribution < -0.4 is 4.90 Å². The number of hydrogen-bond acceptors (Lipinski definition) is 6. The molecule has 1 aromatic carbocycles. The highest BCUT2D eigenvalue weighted by molar-refractivity contribution is 5.86. The Morgan fingerprint density at radius 2 is 1.91 bits per heavy atom. The van der Waals surface area contributed by atoms with E-state index in [4.69, 9.17) is 4.74 Å². The third kappa shape index (κ3) is 6.52. The standard InChI is InChI=1S/C17H23NO5/c1-12(2)17(21)23-11-15(19)9-18(10-16(20)22-4)14-7-5-13(3)6-8-14/h5-8,15,19H,1,9-11H2,2-4H3. The molecule has 1 N–H and O–H groups in total. The lowest BCUT2D eigenvalue weighted by atomic mass is 10.2. The zero-order chi connectivity index (χ0) is 17.4. The predicted octanol–water partition coefficient (Wildman–Crippen LogP) is 1.45. The average molecular weight is 321 g/mol. The van der Waals surface area contributed by atoms with Gasteiger partial charge >= 0.3 is 11.9 Å². The minimum absolute atomic E-state index is 0.00888. The smallest absolute Gasteiger partial charge is 0.333 e. The molecule has 1 rings (SSSR count). The molecule has 0 aliphatic carbocycles. The molecule has 0 fully saturated rings. The molecule has 0 aliphatic rings. The van der Waals surface area contributed by atoms with Gasteiger partial charge in [-0.2, -0.15) is 0 Å². The van der Waals surface area contributed by atoms with E-state index in [0.717, 1.165) is 11.3 Å². The van der Waals surface area contributed by atoms with Crippen LogP contribution in [0.4, 0.5) is 5.69 Å². The lowest BCUT2D eigenvalue weighted by Gasteiger charge is -2.26. The number of ether oxygens (including phenoxy) is 2. The molecule has 23 heavy (non-hydrogen) atoms. The summed E-state index contributed by atoms with van der Waals surface area (Å²) < 4.78 is 9.60. The molecule has 0 spiro atoms. The van der Waals surface area contributed by atoms with Crippen molar-refractivity contribution in [1.29, 1.82) is 0 Å². The zero-order valence-electron chi connectivity index (χ0n) is 13.7. The molecular weight excluding hydrogens is 298 g/mol. The van der Waals surface area contributed by atoms with Crippen molar-refractivity contribution in [2.24, 2.45) is 0 Å². The fourth-order valence-electron chi connectivity index (χ4n) is 1.84. The molecular formula is C17H23NO5. The Kier molecular flexibility index (Phi) is 7.28. The second-order valence-corrected chi connectivity index (χ2v) is 5.32. The van der Waals surface area contributed by atoms with Crippen molar-refractivity contribution >= 4 is 17.6 Å². The van der Waals surface area contributed by atoms with Crippen LogP contribution in [0.15, 0.2) is 36.4 Å². The van der Waals surface area contributed by atoms with Crippen molar-refractivity contribution in [1.82, 2.24) is 0 Å². The van der Waals surface area contributed by atoms with Gasteiger partial charge in [0.05, 0.1) is 7.11 Å². The van der Waals surface area contributed by atoms with Crippen LogP contribution in [0.25, 0.3) is 0 Å². The quantitative estimate of drug-likeness (QED) is 0.577. The fourth-order valence-corrected chi connectivity index (χ4v) is 1.84. The molecule has 0 aromatic heterocycles. The molecule has 1 unspecified atom stereocenters. The third-order valence-corrected chi connectivity index (χ3v) is 3.13. The highest BCUT2D eigenvalue weighted by atomic mass is 16.5. The minimum Gasteiger partial charge on any atom is -0.468 e. The van der Waals surface area contributed by atoms with E-state index in [1.165, 1.54) is 14.0 Å². The number of hydrogen-bond donors (Lipinski definition) is 1. The highest BCUT2D eigenvalue weighted by Gasteiger charge is 2.17. The molecule has 0 bridgehead atoms. The van der Waals surface area contributed by atoms with E-state index in [-0.39, 0.29) is 25.3 Å². The van der Waals surface area contributed by atoms with Gasteiger partial charge in [-0.1, -0.05) is 24.3 Å². The maximum absolute atomic E-state index is 11.6. The van der Waals surface area contributed by atoms with Gasteiger partial charge in [0.1, 0.15) is 19.3 Å². The summed E-state index contributed by atoms with van der Waals surface area (Å²) in [5.41, 5.74) is 2.12. The number of benzene rings is 1. The van der Waals surface area contributed by atoms with Crippen molar-refractivity contribution < 1.29 is 24.2 Å². The van der Waals surface area contributed by atoms with E-state index in [2.05, 4.69) is 11.3 Å². The second-order valence-electron chi connectivity index (χ2n) is 5.32. The third-order valence-electron chi connectivity index (χ3n) is 3.13. The summed E-state index contributed by atoms with van der Waals surface area (Å²) in [5, 5.41) is 10.1. The van der Waals surface area contributed by atoms with Gasteiger partial charge in [-0.05, 0) is 26.0 Å². The normalized spacial score (nSPS) is 11.5. The van der Waals surface area contributed by atoms with Crippen LogP contribution in [0.5, 0.6) is 0 Å². The summed E-state index contributed by atoms with van der Waals surface area (Å²) in [6.45, 7) is 6.91. The van der Waals surface area contributed by atoms with Gasteiger partial charge in [-0.3, -0.25) is 4.79 Å². The highest BCUT2D eigenvalue weighted by Crippen LogP contribution is 2.15. The number of aliphatic hydroxyl groups is 1. The van der Waals surface area contributed by atoms with Gasteiger partial charge in [0.25, 0.3) is 0 Å². The minimum atomic E-state index is -0.941. The van der Waals surface area contributed by atoms with E-state index >= 15 is 0 Å². The topological polar surface area (TPSA) is 76.1 Å². The Labute approximate surface area is 136 Å². The molecule has 0 saturated carbocycles. The molecule has 0 saturated heterocycles. The number of rotatable bonds is 8. The predicted molar refractivity (Wildman–Crippen MR) is 87.2 cm³/mol. The van der Waals surface area contributed by atoms with Gasteiger partial charge in [0.15, 0.2) is 0 Å². The van der Waals surface area contributed by atoms with Crippen LogP contribution >= 0.6 is 0 Å². The Morgan fingerprint density at radius 3 is 2.43 bits per heavy atom. The summed E-state index contributed by atoms with van der Waals surface area (Å²) in [5.74, 6) is -0.976. The van der Waals surface area contributed by atoms with Crippen molar-refractivity contribution in [3.05, 3.63) is 42.0 Å². The first kappa shape index (κ1) is 18.7. The van der Waals surface area contributed by atoms with Crippen LogP contribution in [0, 0.1) is 6.92 Å². The molecule has 0 amide bonds. The summed E-state index contributed by atoms with van der Waals surface area (Å²) in [4.78, 5) is 24.6. The van der Waals surface area contributed by atoms with E-state index in [0.29, 0.717) is 0 Å². The van der Waals surface area contributed by atoms with Gasteiger partial charge in [-0.25, -0.2) is 4.79 Å². The SMILES string of the molecule is C=C(C)C(=O)OCC(O)CN(CC(=O)OC)c1ccc(C)cc1. The van der Waals surface area contributed by atoms with Gasteiger partial charge in [0.2, 0.25) is 0 Å². The number of esters is 2. The molecule has 1 atom stereocenters. The van der Waals surface area contributed by atoms with Crippen LogP contribution in [-0.4, -0.2) is 50.0 Å². The van der Waals surface area contributed by atoms with Crippen LogP contribution in [-0.2, 0) is 19.1 Å². The maximum atomic E-state index is 11.6. The number of aryl methyl sites for hydroxylation is 1. The Hall–Kier alpha value is -2.34. The van der Waals surface area contributed by atoms with E-state index in [1.807, 2.05) is 31.2 Å². The number of carbonyl (C=O) groups excluding carboxylic acids is 2. The Balaban J connectivity index is 2.72. The first-order valence-electron chi connectivity index (χ1n) is 7.22. The van der Waals surface area contributed by atoms with E-state index in [1.54, 1.807) is 4.90 Å². The number of nitrogens with zero attached hydrogens (tertiary/aromatic N) is 1. The molecule has 0 radical (unpaired) electrons. The largest absolute Gasteiger partial charge is 0.468 e. The van der Waals surface area contributed by atoms with Crippen molar-refractivity contribution in [3.63, 3.8) is 0 Å². The molecule has 1 aromatic rings. The molecule has 6 nitrogen and oxygen atoms in total. The average Bonchev–Trinajstić information content (AvgIpc) is 2.52. The summed E-state index contributed by atoms with van der Waals surface area (Å²) in [7, 11) is 1.31. The summed E-state index contributed by atoms with van der Waals surface area (Å²) >= 11 is 0. The van der Waals surface area contributed by atoms with E-state index < -0.39 is 18.0 Å². The summed E-state index contributed by atoms with van der Waals surface area (Å²) in [6, 6.07) is 7.52. The first-order chi connectivity index (χ1) is 10.8. The van der Waals surface area contributed by atoms with Gasteiger partial charge in [-0.15, -0.1) is 0 Å². The van der Waals surface area contributed by atoms with Crippen LogP contribution in [0.3, 0.4) is 0 Å². The van der Waals surface area contributed by atoms with Gasteiger partial charge < -0.3 is 19.5 Å². The lowest BCUT2D eigenvalue weighted by Crippen LogP contribution is -2.39. The molecule has 0 heterocycles. The number of carbonyl (C=O) groups is 2. The lowest BCUT2D eigenvalue weighted by molar-refractivity contribution is -0.142. The Morgan fingerprint density at radius 1 is 1.30 bits per heavy atom. The first-order valence-corrected chi connectivity index (χ1v) is 7.22. The fraction of sp³-hybridized carbons (Fsp3) is 0.412. The number of methoxy groups -OCH3 is 1. The molecule has 6 heteroatoms. The summed E-state index contributed by atoms with van der Waals surface area (Å²) in [6.07, 6.45) is -0.941. The second kappa shape index (κ2) is 8.95. The monoisotopic (exact) mass is 321 g/mol. The van der Waals surface area contributed by atoms with Crippen molar-refractivity contribution in [3.8, 4) is 0 Å². The number of anilines is 1. The van der Waals surface area contributed by atoms with E-state index in [9.17, 15) is 14.7 Å². The van der Waals surface area contributed by atoms with Crippen LogP contribution in [0.2, 0.25) is 0 Å². The van der Waals surface area contributed by atoms with Crippen LogP contribution in [0.1, 0.15) is 12.5 Å². The Bertz CT molecular complexity index is 553. The zero-order valence-corrected chi connectivity index (χ0v) is 13.7.